The topological polar surface area (TPSA) is 29.3 Å². The van der Waals surface area contributed by atoms with Crippen LogP contribution in [0.15, 0.2) is 0 Å². The van der Waals surface area contributed by atoms with Crippen molar-refractivity contribution < 1.29 is 0 Å². The van der Waals surface area contributed by atoms with Gasteiger partial charge in [-0.2, -0.15) is 0 Å². The van der Waals surface area contributed by atoms with E-state index in [0.29, 0.717) is 5.54 Å². The van der Waals surface area contributed by atoms with Gasteiger partial charge in [-0.3, -0.25) is 4.90 Å². The molecular formula is C16H32N2. The maximum atomic E-state index is 6.23. The van der Waals surface area contributed by atoms with E-state index in [1.807, 2.05) is 0 Å². The Morgan fingerprint density at radius 1 is 1.06 bits per heavy atom. The minimum Gasteiger partial charge on any atom is -0.329 e. The van der Waals surface area contributed by atoms with E-state index in [0.717, 1.165) is 30.2 Å². The van der Waals surface area contributed by atoms with Gasteiger partial charge in [-0.15, -0.1) is 0 Å². The molecule has 0 bridgehead atoms. The summed E-state index contributed by atoms with van der Waals surface area (Å²) < 4.78 is 0. The molecule has 5 unspecified atom stereocenters. The molecule has 1 saturated carbocycles. The lowest BCUT2D eigenvalue weighted by Gasteiger charge is -2.53. The minimum atomic E-state index is 0.314. The van der Waals surface area contributed by atoms with Crippen molar-refractivity contribution in [3.05, 3.63) is 0 Å². The van der Waals surface area contributed by atoms with Crippen LogP contribution in [0.1, 0.15) is 53.4 Å². The van der Waals surface area contributed by atoms with Crippen LogP contribution < -0.4 is 5.73 Å². The lowest BCUT2D eigenvalue weighted by atomic mass is 9.69. The third kappa shape index (κ3) is 2.75. The molecule has 1 heterocycles. The van der Waals surface area contributed by atoms with Gasteiger partial charge >= 0.3 is 0 Å². The van der Waals surface area contributed by atoms with Gasteiger partial charge in [0.2, 0.25) is 0 Å². The molecule has 18 heavy (non-hydrogen) atoms. The van der Waals surface area contributed by atoms with Crippen LogP contribution in [0.3, 0.4) is 0 Å². The van der Waals surface area contributed by atoms with Crippen molar-refractivity contribution in [1.29, 1.82) is 0 Å². The number of hydrogen-bond acceptors (Lipinski definition) is 2. The van der Waals surface area contributed by atoms with Crippen LogP contribution in [-0.4, -0.2) is 30.1 Å². The fraction of sp³-hybridized carbons (Fsp3) is 1.00. The molecule has 2 rings (SSSR count). The number of hydrogen-bond donors (Lipinski definition) is 1. The summed E-state index contributed by atoms with van der Waals surface area (Å²) in [5.41, 5.74) is 6.54. The second-order valence-electron chi connectivity index (χ2n) is 7.48. The zero-order valence-corrected chi connectivity index (χ0v) is 12.8. The molecule has 2 nitrogen and oxygen atoms in total. The Balaban J connectivity index is 2.11. The first-order valence-corrected chi connectivity index (χ1v) is 7.92. The normalized spacial score (nSPS) is 47.2. The van der Waals surface area contributed by atoms with Crippen molar-refractivity contribution in [2.75, 3.05) is 19.6 Å². The molecule has 0 aromatic carbocycles. The van der Waals surface area contributed by atoms with E-state index in [2.05, 4.69) is 32.6 Å². The number of nitrogens with two attached hydrogens (primary N) is 1. The SMILES string of the molecule is CC1CC(C)CN(C2(CN)CCC(C)C(C)C2)C1. The predicted octanol–water partition coefficient (Wildman–Crippen LogP) is 3.12. The summed E-state index contributed by atoms with van der Waals surface area (Å²) in [6, 6.07) is 0. The van der Waals surface area contributed by atoms with Gasteiger partial charge in [0.25, 0.3) is 0 Å². The van der Waals surface area contributed by atoms with E-state index >= 15 is 0 Å². The summed E-state index contributed by atoms with van der Waals surface area (Å²) >= 11 is 0. The lowest BCUT2D eigenvalue weighted by Crippen LogP contribution is -2.60. The lowest BCUT2D eigenvalue weighted by molar-refractivity contribution is -0.0184. The van der Waals surface area contributed by atoms with Crippen LogP contribution in [0.4, 0.5) is 0 Å². The van der Waals surface area contributed by atoms with Gasteiger partial charge in [0.05, 0.1) is 0 Å². The molecule has 0 aromatic heterocycles. The van der Waals surface area contributed by atoms with E-state index in [1.54, 1.807) is 0 Å². The zero-order valence-electron chi connectivity index (χ0n) is 12.8. The molecule has 2 N–H and O–H groups in total. The van der Waals surface area contributed by atoms with Crippen LogP contribution in [0, 0.1) is 23.7 Å². The molecule has 0 aromatic rings. The van der Waals surface area contributed by atoms with E-state index in [-0.39, 0.29) is 0 Å². The van der Waals surface area contributed by atoms with Crippen molar-refractivity contribution >= 4 is 0 Å². The highest BCUT2D eigenvalue weighted by Gasteiger charge is 2.43. The molecule has 5 atom stereocenters. The Kier molecular flexibility index (Phi) is 4.38. The average molecular weight is 252 g/mol. The first-order chi connectivity index (χ1) is 8.47. The summed E-state index contributed by atoms with van der Waals surface area (Å²) in [5.74, 6) is 3.39. The second-order valence-corrected chi connectivity index (χ2v) is 7.48. The highest BCUT2D eigenvalue weighted by Crippen LogP contribution is 2.41. The van der Waals surface area contributed by atoms with Gasteiger partial charge in [0.15, 0.2) is 0 Å². The molecule has 1 saturated heterocycles. The Hall–Kier alpha value is -0.0800. The van der Waals surface area contributed by atoms with Crippen LogP contribution in [-0.2, 0) is 0 Å². The first-order valence-electron chi connectivity index (χ1n) is 7.92. The molecule has 0 spiro atoms. The van der Waals surface area contributed by atoms with Gasteiger partial charge in [-0.25, -0.2) is 0 Å². The van der Waals surface area contributed by atoms with E-state index in [9.17, 15) is 0 Å². The maximum absolute atomic E-state index is 6.23. The van der Waals surface area contributed by atoms with E-state index in [4.69, 9.17) is 5.73 Å². The quantitative estimate of drug-likeness (QED) is 0.818. The highest BCUT2D eigenvalue weighted by molar-refractivity contribution is 4.99. The fourth-order valence-electron chi connectivity index (χ4n) is 4.34. The summed E-state index contributed by atoms with van der Waals surface area (Å²) in [6.07, 6.45) is 5.37. The number of rotatable bonds is 2. The maximum Gasteiger partial charge on any atom is 0.0334 e. The standard InChI is InChI=1S/C16H32N2/c1-12-7-13(2)10-18(9-12)16(11-17)6-5-14(3)15(4)8-16/h12-15H,5-11,17H2,1-4H3. The van der Waals surface area contributed by atoms with Gasteiger partial charge in [0.1, 0.15) is 0 Å². The van der Waals surface area contributed by atoms with Crippen LogP contribution in [0.2, 0.25) is 0 Å². The van der Waals surface area contributed by atoms with Crippen molar-refractivity contribution in [2.45, 2.75) is 58.9 Å². The Morgan fingerprint density at radius 3 is 2.17 bits per heavy atom. The van der Waals surface area contributed by atoms with Crippen LogP contribution in [0.25, 0.3) is 0 Å². The fourth-order valence-corrected chi connectivity index (χ4v) is 4.34. The number of piperidine rings is 1. The van der Waals surface area contributed by atoms with Gasteiger partial charge < -0.3 is 5.73 Å². The summed E-state index contributed by atoms with van der Waals surface area (Å²) in [5, 5.41) is 0. The van der Waals surface area contributed by atoms with Crippen LogP contribution >= 0.6 is 0 Å². The average Bonchev–Trinajstić information content (AvgIpc) is 2.31. The van der Waals surface area contributed by atoms with Gasteiger partial charge in [-0.05, 0) is 49.4 Å². The Bertz CT molecular complexity index is 268. The third-order valence-electron chi connectivity index (χ3n) is 5.66. The van der Waals surface area contributed by atoms with Gasteiger partial charge in [0, 0.05) is 25.2 Å². The molecule has 0 radical (unpaired) electrons. The van der Waals surface area contributed by atoms with Crippen LogP contribution in [0.5, 0.6) is 0 Å². The van der Waals surface area contributed by atoms with E-state index < -0.39 is 0 Å². The molecule has 2 aliphatic rings. The van der Waals surface area contributed by atoms with Gasteiger partial charge in [-0.1, -0.05) is 27.7 Å². The largest absolute Gasteiger partial charge is 0.329 e. The predicted molar refractivity (Wildman–Crippen MR) is 78.5 cm³/mol. The molecule has 2 heteroatoms. The monoisotopic (exact) mass is 252 g/mol. The van der Waals surface area contributed by atoms with Crippen molar-refractivity contribution in [2.24, 2.45) is 29.4 Å². The summed E-state index contributed by atoms with van der Waals surface area (Å²) in [7, 11) is 0. The van der Waals surface area contributed by atoms with Crippen molar-refractivity contribution in [1.82, 2.24) is 4.90 Å². The first kappa shape index (κ1) is 14.3. The Labute approximate surface area is 113 Å². The zero-order chi connectivity index (χ0) is 13.3. The minimum absolute atomic E-state index is 0.314. The molecule has 0 amide bonds. The highest BCUT2D eigenvalue weighted by atomic mass is 15.2. The van der Waals surface area contributed by atoms with Crippen molar-refractivity contribution in [3.63, 3.8) is 0 Å². The molecule has 106 valence electrons. The molecular weight excluding hydrogens is 220 g/mol. The molecule has 1 aliphatic heterocycles. The number of likely N-dealkylation sites (tertiary alicyclic amines) is 1. The summed E-state index contributed by atoms with van der Waals surface area (Å²) in [6.45, 7) is 13.0. The third-order valence-corrected chi connectivity index (χ3v) is 5.66. The second kappa shape index (κ2) is 5.50. The van der Waals surface area contributed by atoms with Crippen molar-refractivity contribution in [3.8, 4) is 0 Å². The Morgan fingerprint density at radius 2 is 1.67 bits per heavy atom. The summed E-state index contributed by atoms with van der Waals surface area (Å²) in [4.78, 5) is 2.76. The molecule has 2 fully saturated rings. The molecule has 1 aliphatic carbocycles. The van der Waals surface area contributed by atoms with E-state index in [1.165, 1.54) is 38.8 Å². The smallest absolute Gasteiger partial charge is 0.0334 e. The number of nitrogens with zero attached hydrogens (tertiary/aromatic N) is 1.